The number of hydrogen-bond donors (Lipinski definition) is 1. The Bertz CT molecular complexity index is 1110. The number of anilines is 1. The van der Waals surface area contributed by atoms with Crippen molar-refractivity contribution >= 4 is 35.3 Å². The number of carboxylic acid groups (broad SMARTS) is 1. The molecule has 4 aliphatic heterocycles. The minimum absolute atomic E-state index is 0.0984. The van der Waals surface area contributed by atoms with Crippen LogP contribution in [0.15, 0.2) is 18.2 Å². The molecule has 4 heterocycles. The van der Waals surface area contributed by atoms with Crippen LogP contribution in [0.3, 0.4) is 0 Å². The van der Waals surface area contributed by atoms with Crippen LogP contribution in [0.4, 0.5) is 5.69 Å². The third kappa shape index (κ3) is 4.37. The van der Waals surface area contributed by atoms with E-state index in [1.807, 2.05) is 11.0 Å². The summed E-state index contributed by atoms with van der Waals surface area (Å²) in [6.45, 7) is 5.00. The molecule has 1 aromatic carbocycles. The number of likely N-dealkylation sites (tertiary alicyclic amines) is 2. The highest BCUT2D eigenvalue weighted by Gasteiger charge is 2.46. The molecule has 0 saturated carbocycles. The van der Waals surface area contributed by atoms with Crippen LogP contribution < -0.4 is 4.90 Å². The number of carbonyl (C=O) groups is 5. The number of piperidine rings is 2. The smallest absolute Gasteiger partial charge is 0.317 e. The number of hydrogen-bond acceptors (Lipinski definition) is 8. The lowest BCUT2D eigenvalue weighted by atomic mass is 10.0. The summed E-state index contributed by atoms with van der Waals surface area (Å²) in [6.07, 6.45) is 2.18. The first-order valence-corrected chi connectivity index (χ1v) is 12.5. The Balaban J connectivity index is 1.22. The fourth-order valence-electron chi connectivity index (χ4n) is 5.84. The molecule has 0 aromatic heterocycles. The van der Waals surface area contributed by atoms with E-state index in [1.165, 1.54) is 7.05 Å². The van der Waals surface area contributed by atoms with Crippen molar-refractivity contribution in [2.75, 3.05) is 57.8 Å². The molecule has 1 unspecified atom stereocenters. The normalized spacial score (nSPS) is 24.6. The van der Waals surface area contributed by atoms with Crippen LogP contribution in [0, 0.1) is 0 Å². The van der Waals surface area contributed by atoms with E-state index in [-0.39, 0.29) is 25.3 Å². The average Bonchev–Trinajstić information content (AvgIpc) is 3.12. The van der Waals surface area contributed by atoms with Gasteiger partial charge in [-0.15, -0.1) is 0 Å². The number of fused-ring (bicyclic) bond motifs is 1. The lowest BCUT2D eigenvalue weighted by Gasteiger charge is -2.43. The van der Waals surface area contributed by atoms with Gasteiger partial charge in [-0.2, -0.15) is 0 Å². The Morgan fingerprint density at radius 1 is 0.917 bits per heavy atom. The third-order valence-electron chi connectivity index (χ3n) is 7.95. The van der Waals surface area contributed by atoms with Crippen LogP contribution in [-0.2, 0) is 14.4 Å². The number of amides is 4. The summed E-state index contributed by atoms with van der Waals surface area (Å²) in [5.74, 6) is -2.58. The van der Waals surface area contributed by atoms with Gasteiger partial charge in [-0.25, -0.2) is 0 Å². The number of rotatable bonds is 5. The molecule has 0 aliphatic carbocycles. The first kappa shape index (κ1) is 24.4. The summed E-state index contributed by atoms with van der Waals surface area (Å²) in [4.78, 5) is 70.3. The fourth-order valence-corrected chi connectivity index (χ4v) is 5.84. The van der Waals surface area contributed by atoms with E-state index in [2.05, 4.69) is 9.80 Å². The molecule has 4 amide bonds. The van der Waals surface area contributed by atoms with Gasteiger partial charge in [0.25, 0.3) is 17.7 Å². The second kappa shape index (κ2) is 9.62. The number of imide groups is 2. The molecule has 1 aromatic rings. The van der Waals surface area contributed by atoms with Crippen LogP contribution in [0.5, 0.6) is 0 Å². The monoisotopic (exact) mass is 497 g/mol. The summed E-state index contributed by atoms with van der Waals surface area (Å²) >= 11 is 0. The van der Waals surface area contributed by atoms with Crippen molar-refractivity contribution in [1.82, 2.24) is 19.6 Å². The molecule has 0 spiro atoms. The van der Waals surface area contributed by atoms with Crippen molar-refractivity contribution in [2.24, 2.45) is 0 Å². The van der Waals surface area contributed by atoms with Crippen molar-refractivity contribution in [2.45, 2.75) is 37.8 Å². The molecule has 192 valence electrons. The van der Waals surface area contributed by atoms with Crippen molar-refractivity contribution in [3.05, 3.63) is 29.3 Å². The molecule has 3 fully saturated rings. The van der Waals surface area contributed by atoms with Gasteiger partial charge in [0.2, 0.25) is 5.91 Å². The van der Waals surface area contributed by atoms with Crippen LogP contribution >= 0.6 is 0 Å². The lowest BCUT2D eigenvalue weighted by Crippen LogP contribution is -2.54. The van der Waals surface area contributed by atoms with Crippen LogP contribution in [0.2, 0.25) is 0 Å². The van der Waals surface area contributed by atoms with E-state index >= 15 is 0 Å². The van der Waals surface area contributed by atoms with Crippen molar-refractivity contribution in [1.29, 1.82) is 0 Å². The number of aliphatic carboxylic acids is 1. The molecule has 5 rings (SSSR count). The predicted molar refractivity (Wildman–Crippen MR) is 129 cm³/mol. The SMILES string of the molecule is CN1C(=O)CCC(N2C(=O)c3ccc(N4CCN(C5CCN(CC(=O)O)CC5)CC4)cc3C2=O)C1=O. The number of piperazine rings is 1. The predicted octanol–water partition coefficient (Wildman–Crippen LogP) is 0.101. The molecule has 3 saturated heterocycles. The molecule has 11 heteroatoms. The summed E-state index contributed by atoms with van der Waals surface area (Å²) in [7, 11) is 1.38. The third-order valence-corrected chi connectivity index (χ3v) is 7.95. The number of carbonyl (C=O) groups excluding carboxylic acids is 4. The van der Waals surface area contributed by atoms with Crippen molar-refractivity contribution in [3.63, 3.8) is 0 Å². The zero-order valence-corrected chi connectivity index (χ0v) is 20.4. The zero-order chi connectivity index (χ0) is 25.6. The Labute approximate surface area is 209 Å². The zero-order valence-electron chi connectivity index (χ0n) is 20.4. The Kier molecular flexibility index (Phi) is 6.52. The fraction of sp³-hybridized carbons (Fsp3) is 0.560. The molecule has 1 atom stereocenters. The molecule has 0 bridgehead atoms. The number of carboxylic acids is 1. The quantitative estimate of drug-likeness (QED) is 0.565. The highest BCUT2D eigenvalue weighted by Crippen LogP contribution is 2.32. The first-order valence-electron chi connectivity index (χ1n) is 12.5. The molecular weight excluding hydrogens is 466 g/mol. The Morgan fingerprint density at radius 2 is 1.58 bits per heavy atom. The number of nitrogens with zero attached hydrogens (tertiary/aromatic N) is 5. The van der Waals surface area contributed by atoms with Gasteiger partial charge in [0, 0.05) is 64.5 Å². The summed E-state index contributed by atoms with van der Waals surface area (Å²) < 4.78 is 0. The molecule has 11 nitrogen and oxygen atoms in total. The van der Waals surface area contributed by atoms with E-state index in [1.54, 1.807) is 12.1 Å². The minimum Gasteiger partial charge on any atom is -0.480 e. The summed E-state index contributed by atoms with van der Waals surface area (Å²) in [5.41, 5.74) is 1.47. The highest BCUT2D eigenvalue weighted by atomic mass is 16.4. The van der Waals surface area contributed by atoms with Crippen molar-refractivity contribution in [3.8, 4) is 0 Å². The Morgan fingerprint density at radius 3 is 2.25 bits per heavy atom. The molecular formula is C25H31N5O6. The van der Waals surface area contributed by atoms with Crippen molar-refractivity contribution < 1.29 is 29.1 Å². The maximum absolute atomic E-state index is 13.2. The summed E-state index contributed by atoms with van der Waals surface area (Å²) in [6, 6.07) is 4.76. The highest BCUT2D eigenvalue weighted by molar-refractivity contribution is 6.23. The van der Waals surface area contributed by atoms with E-state index in [9.17, 15) is 24.0 Å². The van der Waals surface area contributed by atoms with Gasteiger partial charge in [0.15, 0.2) is 0 Å². The lowest BCUT2D eigenvalue weighted by molar-refractivity contribution is -0.149. The van der Waals surface area contributed by atoms with Gasteiger partial charge in [-0.3, -0.25) is 43.6 Å². The maximum Gasteiger partial charge on any atom is 0.317 e. The topological polar surface area (TPSA) is 122 Å². The molecule has 1 N–H and O–H groups in total. The standard InChI is InChI=1S/C25H31N5O6/c1-26-21(31)5-4-20(25(26)36)30-23(34)18-3-2-17(14-19(18)24(30)35)29-12-10-28(11-13-29)16-6-8-27(9-7-16)15-22(32)33/h2-3,14,16,20H,4-13,15H2,1H3,(H,32,33). The average molecular weight is 498 g/mol. The van der Waals surface area contributed by atoms with Crippen LogP contribution in [-0.4, -0.2) is 119 Å². The van der Waals surface area contributed by atoms with Crippen LogP contribution in [0.25, 0.3) is 0 Å². The molecule has 36 heavy (non-hydrogen) atoms. The largest absolute Gasteiger partial charge is 0.480 e. The Hall–Kier alpha value is -3.31. The molecule has 4 aliphatic rings. The van der Waals surface area contributed by atoms with Gasteiger partial charge < -0.3 is 10.0 Å². The van der Waals surface area contributed by atoms with E-state index in [0.29, 0.717) is 17.2 Å². The number of benzene rings is 1. The van der Waals surface area contributed by atoms with E-state index in [4.69, 9.17) is 5.11 Å². The van der Waals surface area contributed by atoms with E-state index < -0.39 is 29.7 Å². The van der Waals surface area contributed by atoms with Crippen LogP contribution in [0.1, 0.15) is 46.4 Å². The second-order valence-electron chi connectivity index (χ2n) is 9.98. The van der Waals surface area contributed by atoms with E-state index in [0.717, 1.165) is 67.6 Å². The number of likely N-dealkylation sites (N-methyl/N-ethyl adjacent to an activating group) is 1. The van der Waals surface area contributed by atoms with Gasteiger partial charge in [0.05, 0.1) is 17.7 Å². The van der Waals surface area contributed by atoms with Gasteiger partial charge in [-0.1, -0.05) is 0 Å². The van der Waals surface area contributed by atoms with Gasteiger partial charge >= 0.3 is 5.97 Å². The summed E-state index contributed by atoms with van der Waals surface area (Å²) in [5, 5.41) is 8.99. The second-order valence-corrected chi connectivity index (χ2v) is 9.98. The minimum atomic E-state index is -0.950. The molecule has 0 radical (unpaired) electrons. The van der Waals surface area contributed by atoms with Gasteiger partial charge in [-0.05, 0) is 37.5 Å². The van der Waals surface area contributed by atoms with Gasteiger partial charge in [0.1, 0.15) is 6.04 Å². The maximum atomic E-state index is 13.2. The first-order chi connectivity index (χ1) is 17.2.